The molecule has 0 aliphatic rings. The Labute approximate surface area is 221 Å². The molecule has 4 aromatic rings. The SMILES string of the molecule is CCOc1cc(/C=C(\C#N)C(=O)Nc2cc(Cl)ccc2C)ccc1OCc1c(C)ccc2ccccc12. The summed E-state index contributed by atoms with van der Waals surface area (Å²) >= 11 is 6.05. The summed E-state index contributed by atoms with van der Waals surface area (Å²) in [4.78, 5) is 12.8. The van der Waals surface area contributed by atoms with E-state index in [1.54, 1.807) is 36.4 Å². The number of ether oxygens (including phenoxy) is 2. The Morgan fingerprint density at radius 3 is 2.54 bits per heavy atom. The number of amides is 1. The Morgan fingerprint density at radius 1 is 0.973 bits per heavy atom. The molecule has 0 saturated heterocycles. The van der Waals surface area contributed by atoms with Crippen molar-refractivity contribution >= 4 is 40.0 Å². The number of aryl methyl sites for hydroxylation is 2. The Kier molecular flexibility index (Phi) is 8.12. The molecule has 0 aliphatic heterocycles. The molecule has 0 aliphatic carbocycles. The van der Waals surface area contributed by atoms with Crippen LogP contribution < -0.4 is 14.8 Å². The first kappa shape index (κ1) is 25.8. The molecule has 0 aromatic heterocycles. The molecule has 4 aromatic carbocycles. The van der Waals surface area contributed by atoms with Crippen LogP contribution in [0.15, 0.2) is 78.4 Å². The lowest BCUT2D eigenvalue weighted by molar-refractivity contribution is -0.112. The Bertz CT molecular complexity index is 1540. The summed E-state index contributed by atoms with van der Waals surface area (Å²) in [6.45, 7) is 6.64. The molecule has 0 atom stereocenters. The molecule has 1 N–H and O–H groups in total. The minimum atomic E-state index is -0.516. The fraction of sp³-hybridized carbons (Fsp3) is 0.161. The van der Waals surface area contributed by atoms with Gasteiger partial charge in [-0.2, -0.15) is 5.26 Å². The van der Waals surface area contributed by atoms with Crippen molar-refractivity contribution in [1.82, 2.24) is 0 Å². The number of nitrogens with zero attached hydrogens (tertiary/aromatic N) is 1. The number of carbonyl (C=O) groups is 1. The molecule has 5 nitrogen and oxygen atoms in total. The minimum Gasteiger partial charge on any atom is -0.490 e. The largest absolute Gasteiger partial charge is 0.490 e. The molecule has 0 spiro atoms. The lowest BCUT2D eigenvalue weighted by atomic mass is 10.0. The molecule has 4 rings (SSSR count). The van der Waals surface area contributed by atoms with Gasteiger partial charge in [-0.1, -0.05) is 60.1 Å². The summed E-state index contributed by atoms with van der Waals surface area (Å²) in [6.07, 6.45) is 1.52. The van der Waals surface area contributed by atoms with E-state index in [-0.39, 0.29) is 5.57 Å². The number of anilines is 1. The fourth-order valence-electron chi connectivity index (χ4n) is 4.02. The van der Waals surface area contributed by atoms with Gasteiger partial charge < -0.3 is 14.8 Å². The van der Waals surface area contributed by atoms with Crippen molar-refractivity contribution < 1.29 is 14.3 Å². The van der Waals surface area contributed by atoms with E-state index in [0.29, 0.717) is 41.0 Å². The van der Waals surface area contributed by atoms with Gasteiger partial charge in [-0.3, -0.25) is 4.79 Å². The Balaban J connectivity index is 1.57. The zero-order valence-electron chi connectivity index (χ0n) is 21.0. The van der Waals surface area contributed by atoms with Crippen LogP contribution in [-0.2, 0) is 11.4 Å². The highest BCUT2D eigenvalue weighted by atomic mass is 35.5. The van der Waals surface area contributed by atoms with Crippen LogP contribution in [0.4, 0.5) is 5.69 Å². The summed E-state index contributed by atoms with van der Waals surface area (Å²) in [5.41, 5.74) is 4.27. The van der Waals surface area contributed by atoms with Crippen LogP contribution >= 0.6 is 11.6 Å². The quantitative estimate of drug-likeness (QED) is 0.195. The number of nitriles is 1. The average Bonchev–Trinajstić information content (AvgIpc) is 2.89. The van der Waals surface area contributed by atoms with E-state index in [2.05, 4.69) is 36.5 Å². The predicted octanol–water partition coefficient (Wildman–Crippen LogP) is 7.63. The van der Waals surface area contributed by atoms with Crippen LogP contribution in [0, 0.1) is 25.2 Å². The summed E-state index contributed by atoms with van der Waals surface area (Å²) in [7, 11) is 0. The number of carbonyl (C=O) groups excluding carboxylic acids is 1. The van der Waals surface area contributed by atoms with Crippen LogP contribution in [-0.4, -0.2) is 12.5 Å². The second-order valence-corrected chi connectivity index (χ2v) is 9.03. The monoisotopic (exact) mass is 510 g/mol. The van der Waals surface area contributed by atoms with Gasteiger partial charge in [0.1, 0.15) is 18.2 Å². The van der Waals surface area contributed by atoms with Gasteiger partial charge >= 0.3 is 0 Å². The van der Waals surface area contributed by atoms with E-state index in [1.165, 1.54) is 6.08 Å². The summed E-state index contributed by atoms with van der Waals surface area (Å²) in [6, 6.07) is 25.0. The van der Waals surface area contributed by atoms with Gasteiger partial charge in [0.05, 0.1) is 6.61 Å². The third kappa shape index (κ3) is 6.11. The van der Waals surface area contributed by atoms with Crippen molar-refractivity contribution in [2.45, 2.75) is 27.4 Å². The van der Waals surface area contributed by atoms with Gasteiger partial charge in [-0.15, -0.1) is 0 Å². The number of nitrogens with one attached hydrogen (secondary N) is 1. The van der Waals surface area contributed by atoms with Crippen LogP contribution in [0.25, 0.3) is 16.8 Å². The smallest absolute Gasteiger partial charge is 0.266 e. The maximum Gasteiger partial charge on any atom is 0.266 e. The van der Waals surface area contributed by atoms with Gasteiger partial charge in [-0.05, 0) is 78.6 Å². The molecule has 0 unspecified atom stereocenters. The van der Waals surface area contributed by atoms with E-state index < -0.39 is 5.91 Å². The van der Waals surface area contributed by atoms with Gasteiger partial charge in [0.15, 0.2) is 11.5 Å². The fourth-order valence-corrected chi connectivity index (χ4v) is 4.19. The number of benzene rings is 4. The van der Waals surface area contributed by atoms with Crippen molar-refractivity contribution in [3.63, 3.8) is 0 Å². The summed E-state index contributed by atoms with van der Waals surface area (Å²) in [5.74, 6) is 0.610. The molecular formula is C31H27ClN2O3. The molecular weight excluding hydrogens is 484 g/mol. The normalized spacial score (nSPS) is 11.2. The van der Waals surface area contributed by atoms with Crippen molar-refractivity contribution in [1.29, 1.82) is 5.26 Å². The number of fused-ring (bicyclic) bond motifs is 1. The van der Waals surface area contributed by atoms with Crippen LogP contribution in [0.2, 0.25) is 5.02 Å². The number of hydrogen-bond acceptors (Lipinski definition) is 4. The highest BCUT2D eigenvalue weighted by Crippen LogP contribution is 2.32. The first-order valence-corrected chi connectivity index (χ1v) is 12.3. The summed E-state index contributed by atoms with van der Waals surface area (Å²) in [5, 5.41) is 15.2. The van der Waals surface area contributed by atoms with E-state index in [1.807, 2.05) is 32.0 Å². The van der Waals surface area contributed by atoms with Crippen molar-refractivity contribution in [3.05, 3.63) is 106 Å². The molecule has 6 heteroatoms. The summed E-state index contributed by atoms with van der Waals surface area (Å²) < 4.78 is 12.0. The molecule has 0 heterocycles. The molecule has 186 valence electrons. The third-order valence-corrected chi connectivity index (χ3v) is 6.27. The van der Waals surface area contributed by atoms with Crippen LogP contribution in [0.5, 0.6) is 11.5 Å². The maximum absolute atomic E-state index is 12.8. The lowest BCUT2D eigenvalue weighted by Gasteiger charge is -2.15. The average molecular weight is 511 g/mol. The standard InChI is InChI=1S/C31H27ClN2O3/c1-4-36-30-16-22(15-24(18-33)31(35)34-28-17-25(32)13-10-21(28)3)11-14-29(30)37-19-27-20(2)9-12-23-7-5-6-8-26(23)27/h5-17H,4,19H2,1-3H3,(H,34,35)/b24-15+. The predicted molar refractivity (Wildman–Crippen MR) is 149 cm³/mol. The second-order valence-electron chi connectivity index (χ2n) is 8.59. The second kappa shape index (κ2) is 11.6. The van der Waals surface area contributed by atoms with Gasteiger partial charge in [0.25, 0.3) is 5.91 Å². The minimum absolute atomic E-state index is 0.0399. The molecule has 1 amide bonds. The van der Waals surface area contributed by atoms with Crippen molar-refractivity contribution in [2.75, 3.05) is 11.9 Å². The molecule has 0 saturated carbocycles. The molecule has 0 bridgehead atoms. The van der Waals surface area contributed by atoms with Crippen molar-refractivity contribution in [3.8, 4) is 17.6 Å². The molecule has 0 radical (unpaired) electrons. The highest BCUT2D eigenvalue weighted by Gasteiger charge is 2.14. The van der Waals surface area contributed by atoms with E-state index >= 15 is 0 Å². The Morgan fingerprint density at radius 2 is 1.76 bits per heavy atom. The number of halogens is 1. The number of rotatable bonds is 8. The lowest BCUT2D eigenvalue weighted by Crippen LogP contribution is -2.14. The molecule has 37 heavy (non-hydrogen) atoms. The topological polar surface area (TPSA) is 71.3 Å². The van der Waals surface area contributed by atoms with E-state index in [9.17, 15) is 10.1 Å². The van der Waals surface area contributed by atoms with E-state index in [0.717, 1.165) is 27.5 Å². The Hall–Kier alpha value is -4.27. The first-order chi connectivity index (χ1) is 17.9. The van der Waals surface area contributed by atoms with Gasteiger partial charge in [-0.25, -0.2) is 0 Å². The van der Waals surface area contributed by atoms with Gasteiger partial charge in [0, 0.05) is 16.3 Å². The maximum atomic E-state index is 12.8. The van der Waals surface area contributed by atoms with Crippen LogP contribution in [0.1, 0.15) is 29.2 Å². The first-order valence-electron chi connectivity index (χ1n) is 12.0. The zero-order valence-corrected chi connectivity index (χ0v) is 21.7. The highest BCUT2D eigenvalue weighted by molar-refractivity contribution is 6.31. The number of hydrogen-bond donors (Lipinski definition) is 1. The van der Waals surface area contributed by atoms with Crippen molar-refractivity contribution in [2.24, 2.45) is 0 Å². The zero-order chi connectivity index (χ0) is 26.4. The van der Waals surface area contributed by atoms with E-state index in [4.69, 9.17) is 21.1 Å². The van der Waals surface area contributed by atoms with Crippen LogP contribution in [0.3, 0.4) is 0 Å². The molecule has 0 fully saturated rings. The van der Waals surface area contributed by atoms with Gasteiger partial charge in [0.2, 0.25) is 0 Å². The third-order valence-electron chi connectivity index (χ3n) is 6.04.